The second-order valence-corrected chi connectivity index (χ2v) is 8.59. The van der Waals surface area contributed by atoms with Gasteiger partial charge in [-0.25, -0.2) is 5.43 Å². The first-order chi connectivity index (χ1) is 16.4. The number of hydrogen-bond donors (Lipinski definition) is 1. The van der Waals surface area contributed by atoms with Crippen LogP contribution in [0.15, 0.2) is 71.8 Å². The number of ether oxygens (including phenoxy) is 2. The highest BCUT2D eigenvalue weighted by atomic mass is 35.5. The molecule has 8 nitrogen and oxygen atoms in total. The SMILES string of the molecule is COc1cc(/C=N\NC(=O)c2cc3cc([N+](=O)[O-])ccc3s2)cc(Cl)c1OCc1ccccc1. The molecule has 1 N–H and O–H groups in total. The number of thiophene rings is 1. The zero-order chi connectivity index (χ0) is 24.1. The molecule has 0 bridgehead atoms. The van der Waals surface area contributed by atoms with Gasteiger partial charge in [-0.2, -0.15) is 5.10 Å². The van der Waals surface area contributed by atoms with E-state index in [0.29, 0.717) is 39.0 Å². The standard InChI is InChI=1S/C24H18ClN3O5S/c1-32-20-10-16(9-19(25)23(20)33-14-15-5-3-2-4-6-15)13-26-27-24(29)22-12-17-11-18(28(30)31)7-8-21(17)34-22/h2-13H,14H2,1H3,(H,27,29)/b26-13-. The van der Waals surface area contributed by atoms with Gasteiger partial charge in [-0.05, 0) is 35.4 Å². The molecular weight excluding hydrogens is 478 g/mol. The van der Waals surface area contributed by atoms with Gasteiger partial charge in [-0.3, -0.25) is 14.9 Å². The molecule has 10 heteroatoms. The number of nitro benzene ring substituents is 1. The summed E-state index contributed by atoms with van der Waals surface area (Å²) in [6.07, 6.45) is 1.44. The Morgan fingerprint density at radius 2 is 1.97 bits per heavy atom. The number of rotatable bonds is 8. The molecule has 0 atom stereocenters. The minimum atomic E-state index is -0.474. The van der Waals surface area contributed by atoms with Crippen LogP contribution in [0.25, 0.3) is 10.1 Å². The number of hydrazone groups is 1. The van der Waals surface area contributed by atoms with Crippen molar-refractivity contribution in [1.29, 1.82) is 0 Å². The van der Waals surface area contributed by atoms with E-state index in [1.165, 1.54) is 36.8 Å². The van der Waals surface area contributed by atoms with Gasteiger partial charge >= 0.3 is 0 Å². The van der Waals surface area contributed by atoms with Gasteiger partial charge in [0.2, 0.25) is 0 Å². The van der Waals surface area contributed by atoms with Crippen molar-refractivity contribution in [2.24, 2.45) is 5.10 Å². The summed E-state index contributed by atoms with van der Waals surface area (Å²) in [4.78, 5) is 23.3. The van der Waals surface area contributed by atoms with Gasteiger partial charge in [0.05, 0.1) is 28.1 Å². The lowest BCUT2D eigenvalue weighted by atomic mass is 10.2. The maximum absolute atomic E-state index is 12.5. The van der Waals surface area contributed by atoms with Gasteiger partial charge < -0.3 is 9.47 Å². The number of fused-ring (bicyclic) bond motifs is 1. The van der Waals surface area contributed by atoms with Crippen molar-refractivity contribution in [3.63, 3.8) is 0 Å². The van der Waals surface area contributed by atoms with E-state index in [0.717, 1.165) is 10.3 Å². The molecule has 1 aromatic heterocycles. The Bertz CT molecular complexity index is 1390. The van der Waals surface area contributed by atoms with Crippen molar-refractivity contribution in [2.45, 2.75) is 6.61 Å². The molecule has 0 aliphatic carbocycles. The lowest BCUT2D eigenvalue weighted by molar-refractivity contribution is -0.384. The normalized spacial score (nSPS) is 11.0. The van der Waals surface area contributed by atoms with Crippen molar-refractivity contribution in [3.05, 3.63) is 97.9 Å². The Morgan fingerprint density at radius 1 is 1.18 bits per heavy atom. The molecule has 0 radical (unpaired) electrons. The number of nitrogens with zero attached hydrogens (tertiary/aromatic N) is 2. The van der Waals surface area contributed by atoms with E-state index in [1.807, 2.05) is 30.3 Å². The first-order valence-corrected chi connectivity index (χ1v) is 11.2. The van der Waals surface area contributed by atoms with Crippen molar-refractivity contribution in [3.8, 4) is 11.5 Å². The van der Waals surface area contributed by atoms with Crippen LogP contribution in [0.3, 0.4) is 0 Å². The molecule has 0 fully saturated rings. The average Bonchev–Trinajstić information content (AvgIpc) is 3.27. The molecule has 0 aliphatic heterocycles. The fourth-order valence-electron chi connectivity index (χ4n) is 3.16. The van der Waals surface area contributed by atoms with Gasteiger partial charge in [-0.1, -0.05) is 41.9 Å². The lowest BCUT2D eigenvalue weighted by Gasteiger charge is -2.13. The fourth-order valence-corrected chi connectivity index (χ4v) is 4.37. The lowest BCUT2D eigenvalue weighted by Crippen LogP contribution is -2.16. The maximum atomic E-state index is 12.5. The summed E-state index contributed by atoms with van der Waals surface area (Å²) in [5.74, 6) is 0.414. The van der Waals surface area contributed by atoms with Crippen LogP contribution in [0.4, 0.5) is 5.69 Å². The summed E-state index contributed by atoms with van der Waals surface area (Å²) in [5, 5.41) is 15.9. The number of nitrogens with one attached hydrogen (secondary N) is 1. The highest BCUT2D eigenvalue weighted by Crippen LogP contribution is 2.36. The Kier molecular flexibility index (Phi) is 7.05. The minimum absolute atomic E-state index is 0.0303. The first-order valence-electron chi connectivity index (χ1n) is 10.0. The molecule has 4 aromatic rings. The number of amides is 1. The van der Waals surface area contributed by atoms with Crippen LogP contribution in [0.1, 0.15) is 20.8 Å². The summed E-state index contributed by atoms with van der Waals surface area (Å²) in [6.45, 7) is 0.332. The smallest absolute Gasteiger partial charge is 0.281 e. The monoisotopic (exact) mass is 495 g/mol. The second-order valence-electron chi connectivity index (χ2n) is 7.10. The van der Waals surface area contributed by atoms with Crippen molar-refractivity contribution >= 4 is 50.8 Å². The summed E-state index contributed by atoms with van der Waals surface area (Å²) >= 11 is 7.62. The summed E-state index contributed by atoms with van der Waals surface area (Å²) < 4.78 is 12.0. The third-order valence-corrected chi connectivity index (χ3v) is 6.19. The Labute approximate surface area is 203 Å². The van der Waals surface area contributed by atoms with Crippen LogP contribution in [-0.4, -0.2) is 24.2 Å². The zero-order valence-corrected chi connectivity index (χ0v) is 19.4. The molecule has 0 aliphatic rings. The van der Waals surface area contributed by atoms with Crippen molar-refractivity contribution in [2.75, 3.05) is 7.11 Å². The highest BCUT2D eigenvalue weighted by Gasteiger charge is 2.14. The number of carbonyl (C=O) groups is 1. The predicted molar refractivity (Wildman–Crippen MR) is 132 cm³/mol. The molecule has 3 aromatic carbocycles. The topological polar surface area (TPSA) is 103 Å². The summed E-state index contributed by atoms with van der Waals surface area (Å²) in [7, 11) is 1.51. The molecule has 0 unspecified atom stereocenters. The van der Waals surface area contributed by atoms with Gasteiger partial charge in [0.25, 0.3) is 11.6 Å². The first kappa shape index (κ1) is 23.2. The minimum Gasteiger partial charge on any atom is -0.493 e. The Hall–Kier alpha value is -3.95. The number of non-ortho nitro benzene ring substituents is 1. The Morgan fingerprint density at radius 3 is 2.71 bits per heavy atom. The van der Waals surface area contributed by atoms with Crippen molar-refractivity contribution in [1.82, 2.24) is 5.43 Å². The van der Waals surface area contributed by atoms with Crippen LogP contribution in [0.5, 0.6) is 11.5 Å². The quantitative estimate of drug-likeness (QED) is 0.188. The number of nitro groups is 1. The number of halogens is 1. The van der Waals surface area contributed by atoms with E-state index in [1.54, 1.807) is 24.3 Å². The number of hydrogen-bond acceptors (Lipinski definition) is 7. The maximum Gasteiger partial charge on any atom is 0.281 e. The molecule has 0 saturated carbocycles. The third-order valence-electron chi connectivity index (χ3n) is 4.79. The van der Waals surface area contributed by atoms with Crippen molar-refractivity contribution < 1.29 is 19.2 Å². The molecule has 1 amide bonds. The van der Waals surface area contributed by atoms with Crippen LogP contribution < -0.4 is 14.9 Å². The van der Waals surface area contributed by atoms with Gasteiger partial charge in [0.15, 0.2) is 11.5 Å². The number of methoxy groups -OCH3 is 1. The Balaban J connectivity index is 1.44. The van der Waals surface area contributed by atoms with E-state index in [9.17, 15) is 14.9 Å². The van der Waals surface area contributed by atoms with Gasteiger partial charge in [0.1, 0.15) is 6.61 Å². The molecule has 0 saturated heterocycles. The molecule has 1 heterocycles. The number of carbonyl (C=O) groups excluding carboxylic acids is 1. The van der Waals surface area contributed by atoms with Crippen LogP contribution in [0, 0.1) is 10.1 Å². The van der Waals surface area contributed by atoms with E-state index in [-0.39, 0.29) is 5.69 Å². The molecule has 34 heavy (non-hydrogen) atoms. The zero-order valence-electron chi connectivity index (χ0n) is 17.9. The average molecular weight is 496 g/mol. The fraction of sp³-hybridized carbons (Fsp3) is 0.0833. The third kappa shape index (κ3) is 5.33. The van der Waals surface area contributed by atoms with Gasteiger partial charge in [-0.15, -0.1) is 11.3 Å². The van der Waals surface area contributed by atoms with Crippen LogP contribution in [-0.2, 0) is 6.61 Å². The van der Waals surface area contributed by atoms with E-state index in [4.69, 9.17) is 21.1 Å². The summed E-state index contributed by atoms with van der Waals surface area (Å²) in [6, 6.07) is 19.1. The van der Waals surface area contributed by atoms with Gasteiger partial charge in [0, 0.05) is 22.2 Å². The van der Waals surface area contributed by atoms with E-state index >= 15 is 0 Å². The van der Waals surface area contributed by atoms with Crippen LogP contribution in [0.2, 0.25) is 5.02 Å². The molecule has 0 spiro atoms. The summed E-state index contributed by atoms with van der Waals surface area (Å²) in [5.41, 5.74) is 4.01. The van der Waals surface area contributed by atoms with E-state index < -0.39 is 10.8 Å². The second kappa shape index (κ2) is 10.3. The molecule has 4 rings (SSSR count). The molecule has 172 valence electrons. The largest absolute Gasteiger partial charge is 0.493 e. The molecular formula is C24H18ClN3O5S. The van der Waals surface area contributed by atoms with E-state index in [2.05, 4.69) is 10.5 Å². The predicted octanol–water partition coefficient (Wildman–Crippen LogP) is 5.81. The number of benzene rings is 3. The van der Waals surface area contributed by atoms with Crippen LogP contribution >= 0.6 is 22.9 Å². The highest BCUT2D eigenvalue weighted by molar-refractivity contribution is 7.20.